The minimum absolute atomic E-state index is 0.0135. The zero-order chi connectivity index (χ0) is 24.5. The number of nitrogens with zero attached hydrogens (tertiary/aromatic N) is 2. The Labute approximate surface area is 207 Å². The van der Waals surface area contributed by atoms with Gasteiger partial charge in [-0.15, -0.1) is 0 Å². The van der Waals surface area contributed by atoms with Crippen LogP contribution in [0.1, 0.15) is 29.9 Å². The normalized spacial score (nSPS) is 16.0. The number of hydrogen-bond donors (Lipinski definition) is 2. The van der Waals surface area contributed by atoms with E-state index in [4.69, 9.17) is 0 Å². The number of likely N-dealkylation sites (tertiary alicyclic amines) is 1. The van der Waals surface area contributed by atoms with Crippen LogP contribution in [0.3, 0.4) is 0 Å². The lowest BCUT2D eigenvalue weighted by molar-refractivity contribution is -0.122. The van der Waals surface area contributed by atoms with Crippen LogP contribution in [-0.2, 0) is 21.2 Å². The van der Waals surface area contributed by atoms with Crippen molar-refractivity contribution < 1.29 is 13.2 Å². The van der Waals surface area contributed by atoms with Crippen molar-refractivity contribution in [3.63, 3.8) is 0 Å². The lowest BCUT2D eigenvalue weighted by atomic mass is 9.92. The number of hydrogen-bond acceptors (Lipinski definition) is 5. The summed E-state index contributed by atoms with van der Waals surface area (Å²) in [6.07, 6.45) is 5.78. The fraction of sp³-hybridized carbons (Fsp3) is 0.333. The summed E-state index contributed by atoms with van der Waals surface area (Å²) in [6, 6.07) is 22.5. The molecule has 0 bridgehead atoms. The van der Waals surface area contributed by atoms with Crippen LogP contribution >= 0.6 is 0 Å². The van der Waals surface area contributed by atoms with E-state index in [-0.39, 0.29) is 22.8 Å². The van der Waals surface area contributed by atoms with Gasteiger partial charge in [0.1, 0.15) is 0 Å². The second kappa shape index (κ2) is 12.1. The molecule has 2 heterocycles. The second-order valence-corrected chi connectivity index (χ2v) is 10.7. The van der Waals surface area contributed by atoms with Gasteiger partial charge >= 0.3 is 0 Å². The maximum Gasteiger partial charge on any atom is 0.240 e. The Bertz CT molecular complexity index is 1170. The predicted octanol–water partition coefficient (Wildman–Crippen LogP) is 2.97. The zero-order valence-corrected chi connectivity index (χ0v) is 20.5. The van der Waals surface area contributed by atoms with Crippen molar-refractivity contribution in [2.24, 2.45) is 0 Å². The van der Waals surface area contributed by atoms with Gasteiger partial charge in [0.15, 0.2) is 0 Å². The number of carbonyl (C=O) groups is 1. The Balaban J connectivity index is 1.25. The molecular weight excluding hydrogens is 460 g/mol. The van der Waals surface area contributed by atoms with Gasteiger partial charge in [-0.05, 0) is 48.6 Å². The number of aromatic nitrogens is 1. The van der Waals surface area contributed by atoms with Crippen molar-refractivity contribution in [3.8, 4) is 0 Å². The lowest BCUT2D eigenvalue weighted by Gasteiger charge is -2.31. The third-order valence-corrected chi connectivity index (χ3v) is 7.89. The van der Waals surface area contributed by atoms with Crippen LogP contribution in [-0.4, -0.2) is 56.4 Å². The summed E-state index contributed by atoms with van der Waals surface area (Å²) in [5.41, 5.74) is 2.32. The van der Waals surface area contributed by atoms with Gasteiger partial charge in [-0.3, -0.25) is 14.7 Å². The molecule has 0 spiro atoms. The highest BCUT2D eigenvalue weighted by Crippen LogP contribution is 2.20. The molecule has 1 amide bonds. The summed E-state index contributed by atoms with van der Waals surface area (Å²) < 4.78 is 27.9. The zero-order valence-electron chi connectivity index (χ0n) is 19.7. The number of sulfonamides is 1. The summed E-state index contributed by atoms with van der Waals surface area (Å²) in [4.78, 5) is 19.3. The smallest absolute Gasteiger partial charge is 0.240 e. The van der Waals surface area contributed by atoms with Crippen LogP contribution < -0.4 is 10.0 Å². The van der Waals surface area contributed by atoms with E-state index in [2.05, 4.69) is 38.1 Å². The average Bonchev–Trinajstić information content (AvgIpc) is 2.89. The molecule has 1 aromatic heterocycles. The second-order valence-electron chi connectivity index (χ2n) is 8.96. The van der Waals surface area contributed by atoms with Gasteiger partial charge in [0.2, 0.25) is 15.9 Å². The van der Waals surface area contributed by atoms with Gasteiger partial charge in [0.05, 0.1) is 11.4 Å². The number of carbonyl (C=O) groups excluding carboxylic acids is 1. The van der Waals surface area contributed by atoms with Crippen molar-refractivity contribution in [2.75, 3.05) is 26.2 Å². The number of benzene rings is 2. The first-order chi connectivity index (χ1) is 17.0. The first-order valence-electron chi connectivity index (χ1n) is 12.0. The molecule has 0 aliphatic carbocycles. The third-order valence-electron chi connectivity index (χ3n) is 6.35. The van der Waals surface area contributed by atoms with Gasteiger partial charge < -0.3 is 5.32 Å². The molecule has 1 atom stereocenters. The van der Waals surface area contributed by atoms with Crippen LogP contribution in [0.5, 0.6) is 0 Å². The fourth-order valence-electron chi connectivity index (χ4n) is 4.43. The molecule has 1 aliphatic rings. The summed E-state index contributed by atoms with van der Waals surface area (Å²) in [5, 5.41) is 3.11. The minimum Gasteiger partial charge on any atom is -0.354 e. The van der Waals surface area contributed by atoms with E-state index < -0.39 is 10.0 Å². The van der Waals surface area contributed by atoms with Gasteiger partial charge in [0, 0.05) is 44.0 Å². The highest BCUT2D eigenvalue weighted by Gasteiger charge is 2.25. The Morgan fingerprint density at radius 3 is 2.31 bits per heavy atom. The van der Waals surface area contributed by atoms with Crippen LogP contribution in [0.25, 0.3) is 0 Å². The number of pyridine rings is 1. The van der Waals surface area contributed by atoms with E-state index >= 15 is 0 Å². The standard InChI is InChI=1S/C27H32N4O3S/c32-27(29-20-24(23-9-3-1-4-10-23)18-22-8-7-15-28-19-22)21-31-16-13-25(14-17-31)30-35(33,34)26-11-5-2-6-12-26/h1-12,15,19,24-25,30H,13-14,16-18,20-21H2,(H,29,32). The first-order valence-corrected chi connectivity index (χ1v) is 13.5. The lowest BCUT2D eigenvalue weighted by Crippen LogP contribution is -2.47. The molecule has 184 valence electrons. The van der Waals surface area contributed by atoms with Crippen molar-refractivity contribution in [1.82, 2.24) is 19.9 Å². The number of amides is 1. The summed E-state index contributed by atoms with van der Waals surface area (Å²) >= 11 is 0. The Kier molecular flexibility index (Phi) is 8.63. The van der Waals surface area contributed by atoms with Crippen molar-refractivity contribution in [1.29, 1.82) is 0 Å². The SMILES string of the molecule is O=C(CN1CCC(NS(=O)(=O)c2ccccc2)CC1)NCC(Cc1cccnc1)c1ccccc1. The van der Waals surface area contributed by atoms with E-state index in [9.17, 15) is 13.2 Å². The topological polar surface area (TPSA) is 91.4 Å². The average molecular weight is 493 g/mol. The van der Waals surface area contributed by atoms with Crippen LogP contribution in [0.4, 0.5) is 0 Å². The predicted molar refractivity (Wildman–Crippen MR) is 136 cm³/mol. The summed E-state index contributed by atoms with van der Waals surface area (Å²) in [6.45, 7) is 2.21. The van der Waals surface area contributed by atoms with Gasteiger partial charge in [-0.1, -0.05) is 54.6 Å². The van der Waals surface area contributed by atoms with Gasteiger partial charge in [-0.25, -0.2) is 13.1 Å². The van der Waals surface area contributed by atoms with Crippen LogP contribution in [0.2, 0.25) is 0 Å². The molecule has 2 aromatic carbocycles. The molecule has 4 rings (SSSR count). The molecule has 8 heteroatoms. The number of nitrogens with one attached hydrogen (secondary N) is 2. The molecule has 1 saturated heterocycles. The Hall–Kier alpha value is -3.07. The van der Waals surface area contributed by atoms with E-state index in [1.165, 1.54) is 5.56 Å². The largest absolute Gasteiger partial charge is 0.354 e. The highest BCUT2D eigenvalue weighted by atomic mass is 32.2. The maximum atomic E-state index is 12.7. The Morgan fingerprint density at radius 1 is 0.971 bits per heavy atom. The molecule has 0 saturated carbocycles. The molecular formula is C27H32N4O3S. The molecule has 2 N–H and O–H groups in total. The van der Waals surface area contributed by atoms with Gasteiger partial charge in [0.25, 0.3) is 0 Å². The van der Waals surface area contributed by atoms with Crippen molar-refractivity contribution >= 4 is 15.9 Å². The minimum atomic E-state index is -3.52. The maximum absolute atomic E-state index is 12.7. The third kappa shape index (κ3) is 7.45. The highest BCUT2D eigenvalue weighted by molar-refractivity contribution is 7.89. The van der Waals surface area contributed by atoms with E-state index in [1.54, 1.807) is 36.5 Å². The van der Waals surface area contributed by atoms with E-state index in [0.29, 0.717) is 39.0 Å². The first kappa shape index (κ1) is 25.0. The van der Waals surface area contributed by atoms with Crippen LogP contribution in [0, 0.1) is 0 Å². The van der Waals surface area contributed by atoms with E-state index in [0.717, 1.165) is 12.0 Å². The number of piperidine rings is 1. The summed E-state index contributed by atoms with van der Waals surface area (Å²) in [5.74, 6) is 0.142. The molecule has 35 heavy (non-hydrogen) atoms. The summed E-state index contributed by atoms with van der Waals surface area (Å²) in [7, 11) is -3.52. The molecule has 1 aliphatic heterocycles. The molecule has 3 aromatic rings. The van der Waals surface area contributed by atoms with Crippen molar-refractivity contribution in [3.05, 3.63) is 96.3 Å². The monoisotopic (exact) mass is 492 g/mol. The molecule has 1 fully saturated rings. The quantitative estimate of drug-likeness (QED) is 0.454. The number of rotatable bonds is 10. The van der Waals surface area contributed by atoms with Gasteiger partial charge in [-0.2, -0.15) is 0 Å². The fourth-order valence-corrected chi connectivity index (χ4v) is 5.75. The van der Waals surface area contributed by atoms with E-state index in [1.807, 2.05) is 30.5 Å². The Morgan fingerprint density at radius 2 is 1.66 bits per heavy atom. The molecule has 0 radical (unpaired) electrons. The molecule has 1 unspecified atom stereocenters. The van der Waals surface area contributed by atoms with Crippen LogP contribution in [0.15, 0.2) is 90.1 Å². The molecule has 7 nitrogen and oxygen atoms in total. The van der Waals surface area contributed by atoms with Crippen molar-refractivity contribution in [2.45, 2.75) is 36.1 Å².